The van der Waals surface area contributed by atoms with E-state index in [4.69, 9.17) is 0 Å². The summed E-state index contributed by atoms with van der Waals surface area (Å²) in [6.45, 7) is 0. The SMILES string of the molecule is O=C(C[C@@]1(O)C(=O)Nc2ccc(F)cc21)c1c[nH]c2ccccc12. The minimum absolute atomic E-state index is 0.0840. The number of hydrogen-bond acceptors (Lipinski definition) is 3. The lowest BCUT2D eigenvalue weighted by molar-refractivity contribution is -0.133. The number of nitrogens with one attached hydrogen (secondary N) is 2. The van der Waals surface area contributed by atoms with Crippen LogP contribution in [-0.2, 0) is 10.4 Å². The molecular formula is C18H13FN2O3. The molecule has 0 radical (unpaired) electrons. The minimum Gasteiger partial charge on any atom is -0.375 e. The van der Waals surface area contributed by atoms with Crippen molar-refractivity contribution < 1.29 is 19.1 Å². The molecule has 1 aliphatic heterocycles. The Kier molecular flexibility index (Phi) is 3.04. The van der Waals surface area contributed by atoms with Crippen molar-refractivity contribution in [2.75, 3.05) is 5.32 Å². The van der Waals surface area contributed by atoms with Crippen molar-refractivity contribution in [3.05, 3.63) is 65.6 Å². The standard InChI is InChI=1S/C18H13FN2O3/c19-10-5-6-15-13(7-10)18(24,17(23)21-15)8-16(22)12-9-20-14-4-2-1-3-11(12)14/h1-7,9,20,24H,8H2,(H,21,23)/t18-/m0/s1. The number of amides is 1. The van der Waals surface area contributed by atoms with Gasteiger partial charge in [-0.3, -0.25) is 9.59 Å². The van der Waals surface area contributed by atoms with Crippen molar-refractivity contribution >= 4 is 28.3 Å². The van der Waals surface area contributed by atoms with Crippen LogP contribution in [0.5, 0.6) is 0 Å². The van der Waals surface area contributed by atoms with E-state index in [2.05, 4.69) is 10.3 Å². The van der Waals surface area contributed by atoms with E-state index < -0.39 is 29.5 Å². The molecule has 0 spiro atoms. The van der Waals surface area contributed by atoms with Crippen molar-refractivity contribution in [3.63, 3.8) is 0 Å². The molecule has 2 heterocycles. The number of para-hydroxylation sites is 1. The summed E-state index contributed by atoms with van der Waals surface area (Å²) in [5.74, 6) is -1.71. The van der Waals surface area contributed by atoms with Crippen molar-refractivity contribution in [2.24, 2.45) is 0 Å². The van der Waals surface area contributed by atoms with E-state index in [1.165, 1.54) is 12.1 Å². The molecule has 1 atom stereocenters. The Morgan fingerprint density at radius 2 is 2.00 bits per heavy atom. The highest BCUT2D eigenvalue weighted by atomic mass is 19.1. The van der Waals surface area contributed by atoms with Crippen LogP contribution >= 0.6 is 0 Å². The minimum atomic E-state index is -2.08. The number of aromatic nitrogens is 1. The zero-order valence-electron chi connectivity index (χ0n) is 12.5. The molecule has 120 valence electrons. The third kappa shape index (κ3) is 2.04. The van der Waals surface area contributed by atoms with Crippen molar-refractivity contribution in [1.82, 2.24) is 4.98 Å². The van der Waals surface area contributed by atoms with E-state index in [0.29, 0.717) is 16.6 Å². The van der Waals surface area contributed by atoms with Gasteiger partial charge in [-0.2, -0.15) is 0 Å². The highest BCUT2D eigenvalue weighted by Gasteiger charge is 2.47. The van der Waals surface area contributed by atoms with E-state index in [1.54, 1.807) is 18.3 Å². The number of Topliss-reactive ketones (excluding diaryl/α,β-unsaturated/α-hetero) is 1. The molecule has 5 nitrogen and oxygen atoms in total. The van der Waals surface area contributed by atoms with E-state index in [0.717, 1.165) is 11.6 Å². The van der Waals surface area contributed by atoms with Crippen molar-refractivity contribution in [3.8, 4) is 0 Å². The third-order valence-electron chi connectivity index (χ3n) is 4.36. The zero-order valence-corrected chi connectivity index (χ0v) is 12.5. The van der Waals surface area contributed by atoms with Gasteiger partial charge in [0.1, 0.15) is 5.82 Å². The Morgan fingerprint density at radius 3 is 2.83 bits per heavy atom. The number of H-pyrrole nitrogens is 1. The van der Waals surface area contributed by atoms with Gasteiger partial charge < -0.3 is 15.4 Å². The lowest BCUT2D eigenvalue weighted by atomic mass is 9.88. The Hall–Kier alpha value is -2.99. The second-order valence-corrected chi connectivity index (χ2v) is 5.85. The van der Waals surface area contributed by atoms with Crippen LogP contribution in [-0.4, -0.2) is 21.8 Å². The molecule has 0 bridgehead atoms. The van der Waals surface area contributed by atoms with Crippen molar-refractivity contribution in [2.45, 2.75) is 12.0 Å². The van der Waals surface area contributed by atoms with Crippen LogP contribution in [0, 0.1) is 5.82 Å². The number of fused-ring (bicyclic) bond motifs is 2. The molecule has 24 heavy (non-hydrogen) atoms. The number of ketones is 1. The van der Waals surface area contributed by atoms with Crippen LogP contribution in [0.25, 0.3) is 10.9 Å². The number of hydrogen-bond donors (Lipinski definition) is 3. The average Bonchev–Trinajstić information content (AvgIpc) is 3.09. The first-order chi connectivity index (χ1) is 11.5. The Balaban J connectivity index is 1.74. The zero-order chi connectivity index (χ0) is 16.9. The predicted octanol–water partition coefficient (Wildman–Crippen LogP) is 2.72. The first kappa shape index (κ1) is 14.6. The van der Waals surface area contributed by atoms with Crippen LogP contribution in [0.1, 0.15) is 22.3 Å². The second kappa shape index (κ2) is 5.01. The van der Waals surface area contributed by atoms with Gasteiger partial charge in [0.05, 0.1) is 6.42 Å². The van der Waals surface area contributed by atoms with Gasteiger partial charge in [0.15, 0.2) is 11.4 Å². The summed E-state index contributed by atoms with van der Waals surface area (Å²) in [7, 11) is 0. The molecule has 0 aliphatic carbocycles. The Morgan fingerprint density at radius 1 is 1.21 bits per heavy atom. The van der Waals surface area contributed by atoms with Crippen LogP contribution < -0.4 is 5.32 Å². The number of carbonyl (C=O) groups is 2. The summed E-state index contributed by atoms with van der Waals surface area (Å²) in [4.78, 5) is 27.8. The van der Waals surface area contributed by atoms with E-state index in [9.17, 15) is 19.1 Å². The number of aromatic amines is 1. The molecule has 0 fully saturated rings. The molecule has 0 saturated heterocycles. The molecule has 1 aliphatic rings. The van der Waals surface area contributed by atoms with Gasteiger partial charge in [-0.25, -0.2) is 4.39 Å². The third-order valence-corrected chi connectivity index (χ3v) is 4.36. The summed E-state index contributed by atoms with van der Waals surface area (Å²) in [6, 6.07) is 10.9. The maximum atomic E-state index is 13.5. The fraction of sp³-hybridized carbons (Fsp3) is 0.111. The quantitative estimate of drug-likeness (QED) is 0.648. The molecule has 0 saturated carbocycles. The first-order valence-corrected chi connectivity index (χ1v) is 7.42. The number of carbonyl (C=O) groups excluding carboxylic acids is 2. The van der Waals surface area contributed by atoms with Crippen LogP contribution in [0.2, 0.25) is 0 Å². The maximum absolute atomic E-state index is 13.5. The summed E-state index contributed by atoms with van der Waals surface area (Å²) in [5, 5.41) is 14.0. The van der Waals surface area contributed by atoms with Crippen LogP contribution in [0.3, 0.4) is 0 Å². The highest BCUT2D eigenvalue weighted by molar-refractivity contribution is 6.13. The molecule has 3 N–H and O–H groups in total. The Bertz CT molecular complexity index is 995. The first-order valence-electron chi connectivity index (χ1n) is 7.42. The lowest BCUT2D eigenvalue weighted by Gasteiger charge is -2.19. The van der Waals surface area contributed by atoms with Gasteiger partial charge in [0, 0.05) is 33.9 Å². The predicted molar refractivity (Wildman–Crippen MR) is 86.2 cm³/mol. The lowest BCUT2D eigenvalue weighted by Crippen LogP contribution is -2.36. The molecule has 1 aromatic heterocycles. The van der Waals surface area contributed by atoms with Gasteiger partial charge in [0.2, 0.25) is 0 Å². The average molecular weight is 324 g/mol. The summed E-state index contributed by atoms with van der Waals surface area (Å²) >= 11 is 0. The smallest absolute Gasteiger partial charge is 0.261 e. The van der Waals surface area contributed by atoms with Crippen LogP contribution in [0.15, 0.2) is 48.7 Å². The topological polar surface area (TPSA) is 82.2 Å². The largest absolute Gasteiger partial charge is 0.375 e. The Labute approximate surface area is 136 Å². The van der Waals surface area contributed by atoms with E-state index in [-0.39, 0.29) is 5.56 Å². The number of halogens is 1. The van der Waals surface area contributed by atoms with Gasteiger partial charge in [-0.15, -0.1) is 0 Å². The molecule has 4 rings (SSSR count). The molecule has 6 heteroatoms. The summed E-state index contributed by atoms with van der Waals surface area (Å²) in [5.41, 5.74) is -0.504. The van der Waals surface area contributed by atoms with Crippen LogP contribution in [0.4, 0.5) is 10.1 Å². The van der Waals surface area contributed by atoms with Gasteiger partial charge in [-0.1, -0.05) is 18.2 Å². The summed E-state index contributed by atoms with van der Waals surface area (Å²) in [6.07, 6.45) is 1.09. The molecular weight excluding hydrogens is 311 g/mol. The van der Waals surface area contributed by atoms with Crippen molar-refractivity contribution in [1.29, 1.82) is 0 Å². The number of aliphatic hydroxyl groups is 1. The molecule has 0 unspecified atom stereocenters. The van der Waals surface area contributed by atoms with Gasteiger partial charge in [0.25, 0.3) is 5.91 Å². The number of rotatable bonds is 3. The fourth-order valence-corrected chi connectivity index (χ4v) is 3.12. The summed E-state index contributed by atoms with van der Waals surface area (Å²) < 4.78 is 13.5. The second-order valence-electron chi connectivity index (χ2n) is 5.85. The highest BCUT2D eigenvalue weighted by Crippen LogP contribution is 2.39. The molecule has 3 aromatic rings. The van der Waals surface area contributed by atoms with Gasteiger partial charge in [-0.05, 0) is 24.3 Å². The number of anilines is 1. The molecule has 2 aromatic carbocycles. The van der Waals surface area contributed by atoms with E-state index in [1.807, 2.05) is 12.1 Å². The fourth-order valence-electron chi connectivity index (χ4n) is 3.12. The van der Waals surface area contributed by atoms with E-state index >= 15 is 0 Å². The molecule has 1 amide bonds. The monoisotopic (exact) mass is 324 g/mol. The normalized spacial score (nSPS) is 19.3. The number of benzene rings is 2. The van der Waals surface area contributed by atoms with Gasteiger partial charge >= 0.3 is 0 Å². The maximum Gasteiger partial charge on any atom is 0.261 e.